The molecule has 2 aromatic rings. The summed E-state index contributed by atoms with van der Waals surface area (Å²) in [6.07, 6.45) is 3.92. The second-order valence-electron chi connectivity index (χ2n) is 5.92. The number of thioether (sulfide) groups is 1. The van der Waals surface area contributed by atoms with Gasteiger partial charge in [-0.1, -0.05) is 19.9 Å². The molecule has 3 heterocycles. The molecule has 1 aliphatic heterocycles. The van der Waals surface area contributed by atoms with Crippen molar-refractivity contribution in [3.8, 4) is 12.1 Å². The number of nitrogen functional groups attached to an aromatic ring is 1. The number of aryl methyl sites for hydroxylation is 1. The fourth-order valence-electron chi connectivity index (χ4n) is 2.88. The van der Waals surface area contributed by atoms with Crippen molar-refractivity contribution in [2.45, 2.75) is 44.4 Å². The highest BCUT2D eigenvalue weighted by Crippen LogP contribution is 2.37. The van der Waals surface area contributed by atoms with Gasteiger partial charge < -0.3 is 10.6 Å². The highest BCUT2D eigenvalue weighted by atomic mass is 32.2. The SMILES string of the molecule is CC.Cc1ccc(CSc2nc(N)c(C#N)c(N3CCCC3)c2C#N)cn1. The van der Waals surface area contributed by atoms with Gasteiger partial charge in [-0.2, -0.15) is 10.5 Å². The first kappa shape index (κ1) is 20.5. The first-order chi connectivity index (χ1) is 13.1. The molecule has 0 aliphatic carbocycles. The van der Waals surface area contributed by atoms with Gasteiger partial charge in [-0.3, -0.25) is 4.98 Å². The lowest BCUT2D eigenvalue weighted by Crippen LogP contribution is -2.21. The van der Waals surface area contributed by atoms with E-state index in [2.05, 4.69) is 27.0 Å². The van der Waals surface area contributed by atoms with Crippen LogP contribution in [0.1, 0.15) is 49.1 Å². The van der Waals surface area contributed by atoms with E-state index in [0.29, 0.717) is 27.6 Å². The van der Waals surface area contributed by atoms with Crippen LogP contribution < -0.4 is 10.6 Å². The zero-order chi connectivity index (χ0) is 19.8. The van der Waals surface area contributed by atoms with E-state index in [0.717, 1.165) is 37.2 Å². The van der Waals surface area contributed by atoms with Crippen molar-refractivity contribution in [2.75, 3.05) is 23.7 Å². The Balaban J connectivity index is 0.00000126. The van der Waals surface area contributed by atoms with Crippen molar-refractivity contribution < 1.29 is 0 Å². The number of anilines is 2. The maximum atomic E-state index is 9.71. The summed E-state index contributed by atoms with van der Waals surface area (Å²) in [7, 11) is 0. The van der Waals surface area contributed by atoms with Gasteiger partial charge in [0.15, 0.2) is 0 Å². The van der Waals surface area contributed by atoms with E-state index < -0.39 is 0 Å². The number of pyridine rings is 2. The minimum absolute atomic E-state index is 0.188. The molecule has 0 atom stereocenters. The zero-order valence-corrected chi connectivity index (χ0v) is 16.8. The third kappa shape index (κ3) is 4.69. The van der Waals surface area contributed by atoms with Crippen molar-refractivity contribution >= 4 is 23.3 Å². The molecule has 7 heteroatoms. The number of nitrogens with two attached hydrogens (primary N) is 1. The minimum Gasteiger partial charge on any atom is -0.382 e. The lowest BCUT2D eigenvalue weighted by molar-refractivity contribution is 0.946. The summed E-state index contributed by atoms with van der Waals surface area (Å²) in [5.74, 6) is 0.827. The van der Waals surface area contributed by atoms with Gasteiger partial charge in [-0.25, -0.2) is 4.98 Å². The maximum absolute atomic E-state index is 9.71. The molecule has 0 bridgehead atoms. The minimum atomic E-state index is 0.188. The van der Waals surface area contributed by atoms with Gasteiger partial charge in [-0.15, -0.1) is 11.8 Å². The van der Waals surface area contributed by atoms with Crippen LogP contribution in [-0.2, 0) is 5.75 Å². The Bertz CT molecular complexity index is 858. The predicted molar refractivity (Wildman–Crippen MR) is 109 cm³/mol. The van der Waals surface area contributed by atoms with Crippen LogP contribution in [-0.4, -0.2) is 23.1 Å². The molecule has 27 heavy (non-hydrogen) atoms. The number of rotatable bonds is 4. The van der Waals surface area contributed by atoms with Crippen LogP contribution in [0.5, 0.6) is 0 Å². The number of nitriles is 2. The second kappa shape index (κ2) is 9.80. The first-order valence-electron chi connectivity index (χ1n) is 9.07. The van der Waals surface area contributed by atoms with Gasteiger partial charge in [0, 0.05) is 30.7 Å². The smallest absolute Gasteiger partial charge is 0.144 e. The third-order valence-corrected chi connectivity index (χ3v) is 5.21. The Hall–Kier alpha value is -2.77. The highest BCUT2D eigenvalue weighted by molar-refractivity contribution is 7.98. The Morgan fingerprint density at radius 3 is 2.37 bits per heavy atom. The lowest BCUT2D eigenvalue weighted by atomic mass is 10.1. The van der Waals surface area contributed by atoms with Gasteiger partial charge in [0.05, 0.1) is 5.69 Å². The Morgan fingerprint density at radius 2 is 1.81 bits per heavy atom. The molecule has 0 saturated carbocycles. The van der Waals surface area contributed by atoms with Crippen molar-refractivity contribution in [1.29, 1.82) is 10.5 Å². The number of nitrogens with zero attached hydrogens (tertiary/aromatic N) is 5. The molecule has 0 spiro atoms. The number of aromatic nitrogens is 2. The maximum Gasteiger partial charge on any atom is 0.144 e. The highest BCUT2D eigenvalue weighted by Gasteiger charge is 2.25. The number of hydrogen-bond acceptors (Lipinski definition) is 7. The summed E-state index contributed by atoms with van der Waals surface area (Å²) in [4.78, 5) is 10.7. The molecule has 2 aromatic heterocycles. The number of hydrogen-bond donors (Lipinski definition) is 1. The fraction of sp³-hybridized carbons (Fsp3) is 0.400. The van der Waals surface area contributed by atoms with Crippen LogP contribution in [0, 0.1) is 29.6 Å². The van der Waals surface area contributed by atoms with E-state index in [1.54, 1.807) is 0 Å². The molecule has 140 valence electrons. The van der Waals surface area contributed by atoms with E-state index in [4.69, 9.17) is 5.73 Å². The van der Waals surface area contributed by atoms with E-state index in [1.165, 1.54) is 11.8 Å². The summed E-state index contributed by atoms with van der Waals surface area (Å²) in [6, 6.07) is 8.33. The summed E-state index contributed by atoms with van der Waals surface area (Å²) in [6.45, 7) is 7.60. The van der Waals surface area contributed by atoms with E-state index >= 15 is 0 Å². The Morgan fingerprint density at radius 1 is 1.15 bits per heavy atom. The van der Waals surface area contributed by atoms with Gasteiger partial charge in [0.25, 0.3) is 0 Å². The Kier molecular flexibility index (Phi) is 7.45. The van der Waals surface area contributed by atoms with Crippen LogP contribution in [0.4, 0.5) is 11.5 Å². The molecule has 0 amide bonds. The monoisotopic (exact) mass is 380 g/mol. The molecule has 1 saturated heterocycles. The molecule has 1 fully saturated rings. The average Bonchev–Trinajstić information content (AvgIpc) is 3.23. The normalized spacial score (nSPS) is 12.7. The van der Waals surface area contributed by atoms with E-state index in [-0.39, 0.29) is 5.82 Å². The topological polar surface area (TPSA) is 103 Å². The van der Waals surface area contributed by atoms with Crippen LogP contribution in [0.15, 0.2) is 23.4 Å². The third-order valence-electron chi connectivity index (χ3n) is 4.16. The second-order valence-corrected chi connectivity index (χ2v) is 6.88. The van der Waals surface area contributed by atoms with Gasteiger partial charge >= 0.3 is 0 Å². The standard InChI is InChI=1S/C18H18N6S.C2H6/c1-12-4-5-13(10-22-12)11-25-18-15(9-20)16(24-6-2-3-7-24)14(8-19)17(21)23-18;1-2/h4-5,10H,2-3,6-7,11H2,1H3,(H2,21,23);1-2H3. The van der Waals surface area contributed by atoms with Crippen LogP contribution in [0.2, 0.25) is 0 Å². The summed E-state index contributed by atoms with van der Waals surface area (Å²) in [5, 5.41) is 19.8. The van der Waals surface area contributed by atoms with Gasteiger partial charge in [-0.05, 0) is 31.4 Å². The molecule has 3 rings (SSSR count). The molecule has 6 nitrogen and oxygen atoms in total. The summed E-state index contributed by atoms with van der Waals surface area (Å²) in [5.41, 5.74) is 9.41. The van der Waals surface area contributed by atoms with E-state index in [9.17, 15) is 10.5 Å². The van der Waals surface area contributed by atoms with Crippen molar-refractivity contribution in [1.82, 2.24) is 9.97 Å². The van der Waals surface area contributed by atoms with Crippen LogP contribution in [0.3, 0.4) is 0 Å². The summed E-state index contributed by atoms with van der Waals surface area (Å²) >= 11 is 1.45. The largest absolute Gasteiger partial charge is 0.382 e. The van der Waals surface area contributed by atoms with E-state index in [1.807, 2.05) is 39.1 Å². The summed E-state index contributed by atoms with van der Waals surface area (Å²) < 4.78 is 0. The molecule has 1 aliphatic rings. The van der Waals surface area contributed by atoms with Crippen LogP contribution in [0.25, 0.3) is 0 Å². The molecular formula is C20H24N6S. The predicted octanol–water partition coefficient (Wildman–Crippen LogP) is 4.03. The van der Waals surface area contributed by atoms with Gasteiger partial charge in [0.2, 0.25) is 0 Å². The van der Waals surface area contributed by atoms with Crippen LogP contribution >= 0.6 is 11.8 Å². The molecular weight excluding hydrogens is 356 g/mol. The lowest BCUT2D eigenvalue weighted by Gasteiger charge is -2.22. The molecule has 0 aromatic carbocycles. The Labute approximate surface area is 165 Å². The molecule has 0 unspecified atom stereocenters. The quantitative estimate of drug-likeness (QED) is 0.799. The van der Waals surface area contributed by atoms with Crippen molar-refractivity contribution in [2.24, 2.45) is 0 Å². The first-order valence-corrected chi connectivity index (χ1v) is 10.1. The van der Waals surface area contributed by atoms with Gasteiger partial charge in [0.1, 0.15) is 34.1 Å². The molecule has 2 N–H and O–H groups in total. The van der Waals surface area contributed by atoms with Crippen molar-refractivity contribution in [3.63, 3.8) is 0 Å². The zero-order valence-electron chi connectivity index (χ0n) is 16.0. The van der Waals surface area contributed by atoms with Crippen molar-refractivity contribution in [3.05, 3.63) is 40.7 Å². The fourth-order valence-corrected chi connectivity index (χ4v) is 3.80. The average molecular weight is 381 g/mol. The molecule has 0 radical (unpaired) electrons.